The molecule has 0 aliphatic heterocycles. The van der Waals surface area contributed by atoms with Gasteiger partial charge >= 0.3 is 0 Å². The molecule has 1 atom stereocenters. The van der Waals surface area contributed by atoms with Crippen LogP contribution in [0.25, 0.3) is 0 Å². The van der Waals surface area contributed by atoms with E-state index in [9.17, 15) is 0 Å². The van der Waals surface area contributed by atoms with Crippen LogP contribution in [0.15, 0.2) is 12.3 Å². The van der Waals surface area contributed by atoms with Gasteiger partial charge in [0.1, 0.15) is 11.6 Å². The molecule has 94 valence electrons. The van der Waals surface area contributed by atoms with Crippen molar-refractivity contribution < 1.29 is 0 Å². The van der Waals surface area contributed by atoms with Crippen molar-refractivity contribution in [3.8, 4) is 0 Å². The van der Waals surface area contributed by atoms with E-state index in [1.807, 2.05) is 12.3 Å². The van der Waals surface area contributed by atoms with Crippen LogP contribution in [-0.2, 0) is 0 Å². The monoisotopic (exact) mass is 233 g/mol. The van der Waals surface area contributed by atoms with Crippen molar-refractivity contribution >= 4 is 5.82 Å². The maximum Gasteiger partial charge on any atom is 0.133 e. The van der Waals surface area contributed by atoms with Crippen molar-refractivity contribution in [2.24, 2.45) is 11.8 Å². The van der Waals surface area contributed by atoms with Crippen molar-refractivity contribution in [2.45, 2.75) is 39.5 Å². The van der Waals surface area contributed by atoms with E-state index >= 15 is 0 Å². The molecule has 0 saturated heterocycles. The average molecular weight is 233 g/mol. The van der Waals surface area contributed by atoms with Gasteiger partial charge in [-0.1, -0.05) is 20.8 Å². The molecule has 1 aromatic rings. The second-order valence-corrected chi connectivity index (χ2v) is 5.65. The lowest BCUT2D eigenvalue weighted by molar-refractivity contribution is 0.422. The third-order valence-corrected chi connectivity index (χ3v) is 3.69. The predicted molar refractivity (Wildman–Crippen MR) is 71.3 cm³/mol. The van der Waals surface area contributed by atoms with Crippen molar-refractivity contribution in [3.05, 3.63) is 18.1 Å². The summed E-state index contributed by atoms with van der Waals surface area (Å²) in [7, 11) is 2.12. The molecule has 2 rings (SSSR count). The van der Waals surface area contributed by atoms with Crippen LogP contribution in [0.5, 0.6) is 0 Å². The molecule has 1 fully saturated rings. The van der Waals surface area contributed by atoms with Crippen LogP contribution in [0, 0.1) is 11.8 Å². The summed E-state index contributed by atoms with van der Waals surface area (Å²) in [5, 5.41) is 0. The Kier molecular flexibility index (Phi) is 3.65. The Morgan fingerprint density at radius 3 is 2.65 bits per heavy atom. The lowest BCUT2D eigenvalue weighted by Gasteiger charge is -2.24. The molecule has 0 bridgehead atoms. The maximum absolute atomic E-state index is 4.66. The first-order chi connectivity index (χ1) is 8.08. The molecule has 0 amide bonds. The quantitative estimate of drug-likeness (QED) is 0.782. The number of rotatable bonds is 5. The van der Waals surface area contributed by atoms with Crippen molar-refractivity contribution in [1.29, 1.82) is 0 Å². The molecule has 0 radical (unpaired) electrons. The van der Waals surface area contributed by atoms with E-state index < -0.39 is 0 Å². The van der Waals surface area contributed by atoms with Gasteiger partial charge in [-0.2, -0.15) is 0 Å². The summed E-state index contributed by atoms with van der Waals surface area (Å²) < 4.78 is 0. The highest BCUT2D eigenvalue weighted by molar-refractivity contribution is 5.37. The maximum atomic E-state index is 4.66. The van der Waals surface area contributed by atoms with Gasteiger partial charge < -0.3 is 4.90 Å². The highest BCUT2D eigenvalue weighted by Gasteiger charge is 2.26. The van der Waals surface area contributed by atoms with E-state index in [0.717, 1.165) is 18.2 Å². The summed E-state index contributed by atoms with van der Waals surface area (Å²) >= 11 is 0. The van der Waals surface area contributed by atoms with Gasteiger partial charge in [-0.3, -0.25) is 0 Å². The normalized spacial score (nSPS) is 17.2. The fourth-order valence-electron chi connectivity index (χ4n) is 1.85. The molecule has 0 N–H and O–H groups in total. The highest BCUT2D eigenvalue weighted by atomic mass is 15.2. The molecule has 1 aliphatic carbocycles. The Balaban J connectivity index is 2.02. The lowest BCUT2D eigenvalue weighted by Crippen LogP contribution is -2.27. The zero-order valence-corrected chi connectivity index (χ0v) is 11.3. The van der Waals surface area contributed by atoms with Gasteiger partial charge in [0, 0.05) is 25.7 Å². The molecule has 1 aliphatic rings. The molecule has 3 heteroatoms. The van der Waals surface area contributed by atoms with Gasteiger partial charge in [-0.25, -0.2) is 9.97 Å². The van der Waals surface area contributed by atoms with Gasteiger partial charge in [0.05, 0.1) is 0 Å². The molecule has 3 nitrogen and oxygen atoms in total. The predicted octanol–water partition coefficient (Wildman–Crippen LogP) is 3.08. The van der Waals surface area contributed by atoms with Crippen LogP contribution in [0.2, 0.25) is 0 Å². The topological polar surface area (TPSA) is 29.0 Å². The van der Waals surface area contributed by atoms with Gasteiger partial charge in [0.25, 0.3) is 0 Å². The number of hydrogen-bond acceptors (Lipinski definition) is 3. The van der Waals surface area contributed by atoms with Crippen molar-refractivity contribution in [1.82, 2.24) is 9.97 Å². The third-order valence-electron chi connectivity index (χ3n) is 3.69. The Morgan fingerprint density at radius 2 is 2.06 bits per heavy atom. The van der Waals surface area contributed by atoms with Gasteiger partial charge in [-0.05, 0) is 30.7 Å². The fourth-order valence-corrected chi connectivity index (χ4v) is 1.85. The minimum absolute atomic E-state index is 0.630. The van der Waals surface area contributed by atoms with Crippen LogP contribution < -0.4 is 4.90 Å². The SMILES string of the molecule is CC(C)C(C)CN(C)c1ccnc(C2CC2)n1. The third kappa shape index (κ3) is 3.18. The Bertz CT molecular complexity index is 371. The Hall–Kier alpha value is -1.12. The fraction of sp³-hybridized carbons (Fsp3) is 0.714. The minimum atomic E-state index is 0.630. The second-order valence-electron chi connectivity index (χ2n) is 5.65. The van der Waals surface area contributed by atoms with Crippen molar-refractivity contribution in [3.63, 3.8) is 0 Å². The average Bonchev–Trinajstić information content (AvgIpc) is 3.12. The first kappa shape index (κ1) is 12.3. The highest BCUT2D eigenvalue weighted by Crippen LogP contribution is 2.38. The van der Waals surface area contributed by atoms with E-state index in [1.54, 1.807) is 0 Å². The lowest BCUT2D eigenvalue weighted by atomic mass is 9.98. The summed E-state index contributed by atoms with van der Waals surface area (Å²) in [6, 6.07) is 2.01. The van der Waals surface area contributed by atoms with Crippen LogP contribution in [0.3, 0.4) is 0 Å². The molecule has 0 spiro atoms. The van der Waals surface area contributed by atoms with Crippen LogP contribution in [-0.4, -0.2) is 23.6 Å². The number of aromatic nitrogens is 2. The first-order valence-corrected chi connectivity index (χ1v) is 6.62. The summed E-state index contributed by atoms with van der Waals surface area (Å²) in [6.07, 6.45) is 4.41. The summed E-state index contributed by atoms with van der Waals surface area (Å²) in [5.74, 6) is 4.12. The van der Waals surface area contributed by atoms with Crippen molar-refractivity contribution in [2.75, 3.05) is 18.5 Å². The molecule has 17 heavy (non-hydrogen) atoms. The second kappa shape index (κ2) is 5.03. The van der Waals surface area contributed by atoms with E-state index in [-0.39, 0.29) is 0 Å². The van der Waals surface area contributed by atoms with E-state index in [4.69, 9.17) is 0 Å². The zero-order chi connectivity index (χ0) is 12.4. The van der Waals surface area contributed by atoms with Gasteiger partial charge in [0.2, 0.25) is 0 Å². The zero-order valence-electron chi connectivity index (χ0n) is 11.3. The molecule has 1 aromatic heterocycles. The number of nitrogens with zero attached hydrogens (tertiary/aromatic N) is 3. The first-order valence-electron chi connectivity index (χ1n) is 6.62. The van der Waals surface area contributed by atoms with E-state index in [2.05, 4.69) is 42.7 Å². The summed E-state index contributed by atoms with van der Waals surface area (Å²) in [6.45, 7) is 7.89. The number of anilines is 1. The Morgan fingerprint density at radius 1 is 1.35 bits per heavy atom. The molecular weight excluding hydrogens is 210 g/mol. The molecule has 1 saturated carbocycles. The van der Waals surface area contributed by atoms with Crippen LogP contribution in [0.4, 0.5) is 5.82 Å². The smallest absolute Gasteiger partial charge is 0.133 e. The summed E-state index contributed by atoms with van der Waals surface area (Å²) in [5.41, 5.74) is 0. The van der Waals surface area contributed by atoms with E-state index in [1.165, 1.54) is 12.8 Å². The number of hydrogen-bond donors (Lipinski definition) is 0. The largest absolute Gasteiger partial charge is 0.359 e. The Labute approximate surface area is 104 Å². The van der Waals surface area contributed by atoms with Crippen LogP contribution in [0.1, 0.15) is 45.4 Å². The van der Waals surface area contributed by atoms with Gasteiger partial charge in [0.15, 0.2) is 0 Å². The standard InChI is InChI=1S/C14H23N3/c1-10(2)11(3)9-17(4)13-7-8-15-14(16-13)12-5-6-12/h7-8,10-12H,5-6,9H2,1-4H3. The molecule has 1 heterocycles. The minimum Gasteiger partial charge on any atom is -0.359 e. The van der Waals surface area contributed by atoms with E-state index in [0.29, 0.717) is 17.8 Å². The molecule has 0 aromatic carbocycles. The van der Waals surface area contributed by atoms with Crippen LogP contribution >= 0.6 is 0 Å². The molecular formula is C14H23N3. The molecule has 1 unspecified atom stereocenters. The summed E-state index contributed by atoms with van der Waals surface area (Å²) in [4.78, 5) is 11.3. The van der Waals surface area contributed by atoms with Gasteiger partial charge in [-0.15, -0.1) is 0 Å².